The number of ether oxygens (including phenoxy) is 1. The fraction of sp³-hybridized carbons (Fsp3) is 0.286. The lowest BCUT2D eigenvalue weighted by Crippen LogP contribution is -2.38. The molecular formula is C14H17NO3. The lowest BCUT2D eigenvalue weighted by atomic mass is 10.1. The van der Waals surface area contributed by atoms with Gasteiger partial charge in [0.1, 0.15) is 6.04 Å². The Kier molecular flexibility index (Phi) is 5.11. The van der Waals surface area contributed by atoms with E-state index >= 15 is 0 Å². The van der Waals surface area contributed by atoms with Gasteiger partial charge in [0.2, 0.25) is 5.91 Å². The number of hydrogen-bond acceptors (Lipinski definition) is 3. The average molecular weight is 247 g/mol. The number of rotatable bonds is 4. The Morgan fingerprint density at radius 2 is 2.11 bits per heavy atom. The molecule has 4 heteroatoms. The van der Waals surface area contributed by atoms with Crippen molar-refractivity contribution in [2.24, 2.45) is 0 Å². The first-order valence-corrected chi connectivity index (χ1v) is 5.66. The van der Waals surface area contributed by atoms with Gasteiger partial charge in [-0.15, -0.1) is 0 Å². The number of methoxy groups -OCH3 is 1. The third-order valence-electron chi connectivity index (χ3n) is 2.38. The molecule has 0 saturated carbocycles. The van der Waals surface area contributed by atoms with Crippen LogP contribution in [0, 0.1) is 6.92 Å². The van der Waals surface area contributed by atoms with Gasteiger partial charge in [0.05, 0.1) is 7.11 Å². The molecule has 0 fully saturated rings. The molecule has 0 aliphatic carbocycles. The Morgan fingerprint density at radius 3 is 2.72 bits per heavy atom. The highest BCUT2D eigenvalue weighted by Gasteiger charge is 2.13. The summed E-state index contributed by atoms with van der Waals surface area (Å²) in [5.41, 5.74) is 2.07. The van der Waals surface area contributed by atoms with Gasteiger partial charge in [-0.2, -0.15) is 0 Å². The predicted octanol–water partition coefficient (Wildman–Crippen LogP) is 1.69. The number of carbonyl (C=O) groups is 2. The van der Waals surface area contributed by atoms with E-state index in [1.165, 1.54) is 13.2 Å². The van der Waals surface area contributed by atoms with Crippen LogP contribution in [0.15, 0.2) is 30.3 Å². The van der Waals surface area contributed by atoms with Gasteiger partial charge in [0.25, 0.3) is 0 Å². The molecule has 1 amide bonds. The first kappa shape index (κ1) is 14.0. The van der Waals surface area contributed by atoms with Crippen molar-refractivity contribution in [2.45, 2.75) is 19.9 Å². The molecule has 1 N–H and O–H groups in total. The third kappa shape index (κ3) is 4.41. The van der Waals surface area contributed by atoms with E-state index in [2.05, 4.69) is 10.1 Å². The van der Waals surface area contributed by atoms with E-state index in [0.717, 1.165) is 11.1 Å². The topological polar surface area (TPSA) is 55.4 Å². The summed E-state index contributed by atoms with van der Waals surface area (Å²) in [6.45, 7) is 3.56. The van der Waals surface area contributed by atoms with E-state index in [1.807, 2.05) is 31.2 Å². The molecule has 1 aromatic rings. The van der Waals surface area contributed by atoms with Crippen molar-refractivity contribution in [2.75, 3.05) is 7.11 Å². The van der Waals surface area contributed by atoms with Gasteiger partial charge in [-0.3, -0.25) is 4.79 Å². The lowest BCUT2D eigenvalue weighted by Gasteiger charge is -2.09. The second-order valence-electron chi connectivity index (χ2n) is 4.00. The molecule has 1 rings (SSSR count). The number of esters is 1. The third-order valence-corrected chi connectivity index (χ3v) is 2.38. The van der Waals surface area contributed by atoms with Gasteiger partial charge >= 0.3 is 5.97 Å². The highest BCUT2D eigenvalue weighted by molar-refractivity contribution is 5.94. The molecule has 1 unspecified atom stereocenters. The molecule has 0 aromatic heterocycles. The Labute approximate surface area is 107 Å². The van der Waals surface area contributed by atoms with Crippen LogP contribution in [0.1, 0.15) is 18.1 Å². The zero-order valence-corrected chi connectivity index (χ0v) is 10.8. The van der Waals surface area contributed by atoms with E-state index in [9.17, 15) is 9.59 Å². The molecule has 96 valence electrons. The summed E-state index contributed by atoms with van der Waals surface area (Å²) < 4.78 is 4.51. The highest BCUT2D eigenvalue weighted by atomic mass is 16.5. The standard InChI is InChI=1S/C14H17NO3/c1-10-5-4-6-12(9-10)7-8-13(16)15-11(2)14(17)18-3/h4-9,11H,1-3H3,(H,15,16). The van der Waals surface area contributed by atoms with Crippen molar-refractivity contribution in [1.82, 2.24) is 5.32 Å². The molecule has 0 bridgehead atoms. The Morgan fingerprint density at radius 1 is 1.39 bits per heavy atom. The van der Waals surface area contributed by atoms with E-state index in [4.69, 9.17) is 0 Å². The molecule has 1 atom stereocenters. The van der Waals surface area contributed by atoms with Crippen LogP contribution in [0.5, 0.6) is 0 Å². The summed E-state index contributed by atoms with van der Waals surface area (Å²) in [4.78, 5) is 22.6. The zero-order chi connectivity index (χ0) is 13.5. The summed E-state index contributed by atoms with van der Waals surface area (Å²) in [5.74, 6) is -0.790. The molecule has 0 spiro atoms. The normalized spacial score (nSPS) is 12.2. The number of hydrogen-bond donors (Lipinski definition) is 1. The maximum atomic E-state index is 11.5. The average Bonchev–Trinajstić information content (AvgIpc) is 2.35. The molecule has 4 nitrogen and oxygen atoms in total. The molecule has 0 aliphatic rings. The van der Waals surface area contributed by atoms with Crippen molar-refractivity contribution >= 4 is 18.0 Å². The van der Waals surface area contributed by atoms with E-state index in [0.29, 0.717) is 0 Å². The van der Waals surface area contributed by atoms with Crippen molar-refractivity contribution in [3.05, 3.63) is 41.5 Å². The second kappa shape index (κ2) is 6.59. The Hall–Kier alpha value is -2.10. The fourth-order valence-corrected chi connectivity index (χ4v) is 1.44. The summed E-state index contributed by atoms with van der Waals surface area (Å²) in [5, 5.41) is 2.52. The first-order chi connectivity index (χ1) is 8.52. The molecule has 0 radical (unpaired) electrons. The Balaban J connectivity index is 2.57. The summed E-state index contributed by atoms with van der Waals surface area (Å²) in [6, 6.07) is 7.12. The Bertz CT molecular complexity index is 466. The van der Waals surface area contributed by atoms with Gasteiger partial charge in [0, 0.05) is 6.08 Å². The smallest absolute Gasteiger partial charge is 0.328 e. The SMILES string of the molecule is COC(=O)C(C)NC(=O)C=Cc1cccc(C)c1. The van der Waals surface area contributed by atoms with Crippen LogP contribution in [0.3, 0.4) is 0 Å². The fourth-order valence-electron chi connectivity index (χ4n) is 1.44. The lowest BCUT2D eigenvalue weighted by molar-refractivity contribution is -0.144. The van der Waals surface area contributed by atoms with Gasteiger partial charge in [-0.05, 0) is 25.5 Å². The molecule has 1 aromatic carbocycles. The van der Waals surface area contributed by atoms with Crippen LogP contribution in [0.4, 0.5) is 0 Å². The van der Waals surface area contributed by atoms with Crippen LogP contribution < -0.4 is 5.32 Å². The van der Waals surface area contributed by atoms with Gasteiger partial charge in [-0.25, -0.2) is 4.79 Å². The van der Waals surface area contributed by atoms with Crippen molar-refractivity contribution < 1.29 is 14.3 Å². The summed E-state index contributed by atoms with van der Waals surface area (Å²) >= 11 is 0. The molecule has 18 heavy (non-hydrogen) atoms. The summed E-state index contributed by atoms with van der Waals surface area (Å²) in [6.07, 6.45) is 3.10. The first-order valence-electron chi connectivity index (χ1n) is 5.66. The van der Waals surface area contributed by atoms with Crippen LogP contribution in [0.25, 0.3) is 6.08 Å². The molecular weight excluding hydrogens is 230 g/mol. The number of carbonyl (C=O) groups excluding carboxylic acids is 2. The predicted molar refractivity (Wildman–Crippen MR) is 69.8 cm³/mol. The van der Waals surface area contributed by atoms with E-state index in [-0.39, 0.29) is 5.91 Å². The molecule has 0 saturated heterocycles. The van der Waals surface area contributed by atoms with Gasteiger partial charge in [-0.1, -0.05) is 29.8 Å². The second-order valence-corrected chi connectivity index (χ2v) is 4.00. The van der Waals surface area contributed by atoms with Crippen LogP contribution in [-0.4, -0.2) is 25.0 Å². The summed E-state index contributed by atoms with van der Waals surface area (Å²) in [7, 11) is 1.29. The minimum atomic E-state index is -0.648. The number of amides is 1. The number of nitrogens with one attached hydrogen (secondary N) is 1. The minimum Gasteiger partial charge on any atom is -0.467 e. The van der Waals surface area contributed by atoms with E-state index < -0.39 is 12.0 Å². The monoisotopic (exact) mass is 247 g/mol. The number of aryl methyl sites for hydroxylation is 1. The van der Waals surface area contributed by atoms with Crippen molar-refractivity contribution in [1.29, 1.82) is 0 Å². The molecule has 0 aliphatic heterocycles. The van der Waals surface area contributed by atoms with Crippen LogP contribution in [-0.2, 0) is 14.3 Å². The van der Waals surface area contributed by atoms with Gasteiger partial charge < -0.3 is 10.1 Å². The zero-order valence-electron chi connectivity index (χ0n) is 10.8. The van der Waals surface area contributed by atoms with Crippen molar-refractivity contribution in [3.8, 4) is 0 Å². The van der Waals surface area contributed by atoms with Crippen LogP contribution >= 0.6 is 0 Å². The quantitative estimate of drug-likeness (QED) is 0.650. The van der Waals surface area contributed by atoms with E-state index in [1.54, 1.807) is 13.0 Å². The minimum absolute atomic E-state index is 0.325. The maximum Gasteiger partial charge on any atom is 0.328 e. The highest BCUT2D eigenvalue weighted by Crippen LogP contribution is 2.05. The molecule has 0 heterocycles. The maximum absolute atomic E-state index is 11.5. The van der Waals surface area contributed by atoms with Gasteiger partial charge in [0.15, 0.2) is 0 Å². The van der Waals surface area contributed by atoms with Crippen LogP contribution in [0.2, 0.25) is 0 Å². The van der Waals surface area contributed by atoms with Crippen molar-refractivity contribution in [3.63, 3.8) is 0 Å². The largest absolute Gasteiger partial charge is 0.467 e. The number of benzene rings is 1.